The zero-order valence-corrected chi connectivity index (χ0v) is 11.9. The number of ether oxygens (including phenoxy) is 1. The molecule has 104 valence electrons. The Morgan fingerprint density at radius 1 is 1.21 bits per heavy atom. The van der Waals surface area contributed by atoms with E-state index in [2.05, 4.69) is 48.5 Å². The summed E-state index contributed by atoms with van der Waals surface area (Å²) in [7, 11) is 2.18. The van der Waals surface area contributed by atoms with Crippen molar-refractivity contribution in [2.45, 2.75) is 38.0 Å². The normalized spacial score (nSPS) is 27.9. The van der Waals surface area contributed by atoms with Gasteiger partial charge in [0, 0.05) is 31.8 Å². The Hall–Kier alpha value is -0.900. The van der Waals surface area contributed by atoms with Crippen molar-refractivity contribution in [3.63, 3.8) is 0 Å². The van der Waals surface area contributed by atoms with E-state index in [0.29, 0.717) is 18.2 Å². The molecule has 1 aliphatic carbocycles. The van der Waals surface area contributed by atoms with Crippen LogP contribution in [0, 0.1) is 0 Å². The molecule has 0 aromatic heterocycles. The second-order valence-electron chi connectivity index (χ2n) is 5.86. The summed E-state index contributed by atoms with van der Waals surface area (Å²) in [6.45, 7) is 5.03. The van der Waals surface area contributed by atoms with Crippen molar-refractivity contribution in [3.05, 3.63) is 35.4 Å². The summed E-state index contributed by atoms with van der Waals surface area (Å²) in [4.78, 5) is 2.36. The topological polar surface area (TPSA) is 24.5 Å². The van der Waals surface area contributed by atoms with Crippen molar-refractivity contribution in [1.82, 2.24) is 10.2 Å². The Labute approximate surface area is 115 Å². The highest BCUT2D eigenvalue weighted by Crippen LogP contribution is 2.23. The molecule has 0 amide bonds. The molecule has 0 spiro atoms. The molecule has 0 saturated carbocycles. The lowest BCUT2D eigenvalue weighted by Crippen LogP contribution is -2.46. The summed E-state index contributed by atoms with van der Waals surface area (Å²) in [6.07, 6.45) is 2.67. The average molecular weight is 260 g/mol. The van der Waals surface area contributed by atoms with E-state index in [-0.39, 0.29) is 0 Å². The van der Waals surface area contributed by atoms with Crippen LogP contribution < -0.4 is 5.32 Å². The number of fused-ring (bicyclic) bond motifs is 1. The molecule has 3 rings (SSSR count). The number of hydrogen-bond acceptors (Lipinski definition) is 3. The second kappa shape index (κ2) is 5.61. The van der Waals surface area contributed by atoms with Crippen LogP contribution in [0.2, 0.25) is 0 Å². The minimum atomic E-state index is 0.346. The molecule has 1 heterocycles. The molecule has 1 aromatic rings. The monoisotopic (exact) mass is 260 g/mol. The van der Waals surface area contributed by atoms with Gasteiger partial charge in [-0.05, 0) is 37.9 Å². The third-order valence-corrected chi connectivity index (χ3v) is 4.33. The van der Waals surface area contributed by atoms with Gasteiger partial charge in [-0.2, -0.15) is 0 Å². The van der Waals surface area contributed by atoms with Crippen molar-refractivity contribution in [2.24, 2.45) is 0 Å². The molecule has 3 heteroatoms. The molecule has 1 aliphatic heterocycles. The molecule has 3 nitrogen and oxygen atoms in total. The number of nitrogens with one attached hydrogen (secondary N) is 1. The fourth-order valence-corrected chi connectivity index (χ4v) is 3.48. The molecular weight excluding hydrogens is 236 g/mol. The standard InChI is InChI=1S/C16H24N2O/c1-3-19-16-11-18(2)10-15(16)17-14-8-12-6-4-5-7-13(12)9-14/h4-7,14-17H,3,8-11H2,1-2H3/t15-,16-/m0/s1. The zero-order valence-electron chi connectivity index (χ0n) is 11.9. The van der Waals surface area contributed by atoms with E-state index in [0.717, 1.165) is 32.5 Å². The Bertz CT molecular complexity index is 410. The van der Waals surface area contributed by atoms with Crippen LogP contribution in [0.1, 0.15) is 18.1 Å². The first-order valence-corrected chi connectivity index (χ1v) is 7.39. The lowest BCUT2D eigenvalue weighted by molar-refractivity contribution is 0.0521. The second-order valence-corrected chi connectivity index (χ2v) is 5.86. The van der Waals surface area contributed by atoms with Crippen molar-refractivity contribution >= 4 is 0 Å². The van der Waals surface area contributed by atoms with E-state index >= 15 is 0 Å². The summed E-state index contributed by atoms with van der Waals surface area (Å²) in [5.74, 6) is 0. The van der Waals surface area contributed by atoms with E-state index in [1.807, 2.05) is 0 Å². The van der Waals surface area contributed by atoms with Crippen molar-refractivity contribution < 1.29 is 4.74 Å². The van der Waals surface area contributed by atoms with Crippen LogP contribution in [0.3, 0.4) is 0 Å². The van der Waals surface area contributed by atoms with E-state index in [9.17, 15) is 0 Å². The van der Waals surface area contributed by atoms with Crippen molar-refractivity contribution in [2.75, 3.05) is 26.7 Å². The Kier molecular flexibility index (Phi) is 3.87. The summed E-state index contributed by atoms with van der Waals surface area (Å²) in [5, 5.41) is 3.82. The number of nitrogens with zero attached hydrogens (tertiary/aromatic N) is 1. The van der Waals surface area contributed by atoms with Crippen molar-refractivity contribution in [1.29, 1.82) is 0 Å². The minimum absolute atomic E-state index is 0.346. The SMILES string of the molecule is CCO[C@H]1CN(C)C[C@@H]1NC1Cc2ccccc2C1. The van der Waals surface area contributed by atoms with Crippen LogP contribution in [0.25, 0.3) is 0 Å². The van der Waals surface area contributed by atoms with Crippen LogP contribution in [0.4, 0.5) is 0 Å². The average Bonchev–Trinajstić information content (AvgIpc) is 2.93. The zero-order chi connectivity index (χ0) is 13.2. The minimum Gasteiger partial charge on any atom is -0.375 e. The summed E-state index contributed by atoms with van der Waals surface area (Å²) in [6, 6.07) is 9.87. The number of rotatable bonds is 4. The molecule has 1 aromatic carbocycles. The van der Waals surface area contributed by atoms with Gasteiger partial charge >= 0.3 is 0 Å². The van der Waals surface area contributed by atoms with Crippen LogP contribution in [0.15, 0.2) is 24.3 Å². The molecule has 19 heavy (non-hydrogen) atoms. The third kappa shape index (κ3) is 2.83. The predicted molar refractivity (Wildman–Crippen MR) is 77.5 cm³/mol. The summed E-state index contributed by atoms with van der Waals surface area (Å²) in [5.41, 5.74) is 3.03. The maximum atomic E-state index is 5.87. The summed E-state index contributed by atoms with van der Waals surface area (Å²) < 4.78 is 5.87. The van der Waals surface area contributed by atoms with Crippen LogP contribution >= 0.6 is 0 Å². The molecule has 1 N–H and O–H groups in total. The molecule has 1 saturated heterocycles. The van der Waals surface area contributed by atoms with E-state index in [1.54, 1.807) is 0 Å². The first kappa shape index (κ1) is 13.1. The van der Waals surface area contributed by atoms with Gasteiger partial charge in [-0.15, -0.1) is 0 Å². The maximum absolute atomic E-state index is 5.87. The number of likely N-dealkylation sites (tertiary alicyclic amines) is 1. The Morgan fingerprint density at radius 3 is 2.53 bits per heavy atom. The molecule has 0 unspecified atom stereocenters. The van der Waals surface area contributed by atoms with Crippen LogP contribution in [0.5, 0.6) is 0 Å². The van der Waals surface area contributed by atoms with Gasteiger partial charge in [0.05, 0.1) is 6.10 Å². The smallest absolute Gasteiger partial charge is 0.0866 e. The van der Waals surface area contributed by atoms with Gasteiger partial charge < -0.3 is 15.0 Å². The van der Waals surface area contributed by atoms with Gasteiger partial charge in [0.1, 0.15) is 0 Å². The van der Waals surface area contributed by atoms with Crippen LogP contribution in [-0.2, 0) is 17.6 Å². The largest absolute Gasteiger partial charge is 0.375 e. The third-order valence-electron chi connectivity index (χ3n) is 4.33. The Morgan fingerprint density at radius 2 is 1.89 bits per heavy atom. The number of benzene rings is 1. The maximum Gasteiger partial charge on any atom is 0.0866 e. The quantitative estimate of drug-likeness (QED) is 0.887. The fraction of sp³-hybridized carbons (Fsp3) is 0.625. The van der Waals surface area contributed by atoms with Crippen molar-refractivity contribution in [3.8, 4) is 0 Å². The van der Waals surface area contributed by atoms with E-state index in [4.69, 9.17) is 4.74 Å². The van der Waals surface area contributed by atoms with Gasteiger partial charge in [0.15, 0.2) is 0 Å². The Balaban J connectivity index is 1.60. The summed E-state index contributed by atoms with van der Waals surface area (Å²) >= 11 is 0. The lowest BCUT2D eigenvalue weighted by atomic mass is 10.1. The fourth-order valence-electron chi connectivity index (χ4n) is 3.48. The van der Waals surface area contributed by atoms with Gasteiger partial charge in [0.2, 0.25) is 0 Å². The highest BCUT2D eigenvalue weighted by molar-refractivity contribution is 5.33. The first-order valence-electron chi connectivity index (χ1n) is 7.39. The molecular formula is C16H24N2O. The van der Waals surface area contributed by atoms with Gasteiger partial charge in [-0.25, -0.2) is 0 Å². The van der Waals surface area contributed by atoms with Gasteiger partial charge in [-0.1, -0.05) is 24.3 Å². The predicted octanol–water partition coefficient (Wildman–Crippen LogP) is 1.46. The number of likely N-dealkylation sites (N-methyl/N-ethyl adjacent to an activating group) is 1. The molecule has 0 radical (unpaired) electrons. The van der Waals surface area contributed by atoms with Gasteiger partial charge in [-0.3, -0.25) is 0 Å². The van der Waals surface area contributed by atoms with E-state index in [1.165, 1.54) is 11.1 Å². The lowest BCUT2D eigenvalue weighted by Gasteiger charge is -2.23. The highest BCUT2D eigenvalue weighted by atomic mass is 16.5. The molecule has 2 aliphatic rings. The van der Waals surface area contributed by atoms with Crippen LogP contribution in [-0.4, -0.2) is 49.8 Å². The highest BCUT2D eigenvalue weighted by Gasteiger charge is 2.34. The molecule has 2 atom stereocenters. The van der Waals surface area contributed by atoms with Gasteiger partial charge in [0.25, 0.3) is 0 Å². The molecule has 0 bridgehead atoms. The number of hydrogen-bond donors (Lipinski definition) is 1. The molecule has 1 fully saturated rings. The van der Waals surface area contributed by atoms with E-state index < -0.39 is 0 Å². The first-order chi connectivity index (χ1) is 9.26.